The van der Waals surface area contributed by atoms with E-state index >= 15 is 0 Å². The van der Waals surface area contributed by atoms with Crippen molar-refractivity contribution in [3.63, 3.8) is 0 Å². The summed E-state index contributed by atoms with van der Waals surface area (Å²) in [7, 11) is 1.28. The van der Waals surface area contributed by atoms with Crippen LogP contribution in [0.15, 0.2) is 5.38 Å². The molecule has 15 heavy (non-hydrogen) atoms. The third-order valence-electron chi connectivity index (χ3n) is 1.36. The van der Waals surface area contributed by atoms with Gasteiger partial charge in [-0.1, -0.05) is 5.92 Å². The van der Waals surface area contributed by atoms with Gasteiger partial charge in [0, 0.05) is 5.38 Å². The molecule has 1 heterocycles. The Kier molecular flexibility index (Phi) is 3.83. The molecular weight excluding hydrogens is 216 g/mol. The zero-order valence-electron chi connectivity index (χ0n) is 7.94. The van der Waals surface area contributed by atoms with Crippen LogP contribution in [0.25, 0.3) is 0 Å². The first-order chi connectivity index (χ1) is 7.13. The molecule has 0 unspecified atom stereocenters. The largest absolute Gasteiger partial charge is 0.464 e. The highest BCUT2D eigenvalue weighted by molar-refractivity contribution is 7.10. The number of primary amides is 1. The number of nitrogens with two attached hydrogens (primary N) is 1. The highest BCUT2D eigenvalue weighted by atomic mass is 32.1. The molecule has 0 radical (unpaired) electrons. The van der Waals surface area contributed by atoms with Gasteiger partial charge in [-0.15, -0.1) is 11.3 Å². The van der Waals surface area contributed by atoms with Gasteiger partial charge in [-0.25, -0.2) is 9.78 Å². The summed E-state index contributed by atoms with van der Waals surface area (Å²) in [5, 5.41) is 2.00. The van der Waals surface area contributed by atoms with E-state index in [1.54, 1.807) is 5.38 Å². The molecule has 0 bridgehead atoms. The number of nitrogens with zero attached hydrogens (tertiary/aromatic N) is 1. The monoisotopic (exact) mass is 224 g/mol. The maximum Gasteiger partial charge on any atom is 0.357 e. The number of carbonyl (C=O) groups excluding carboxylic acids is 2. The topological polar surface area (TPSA) is 82.3 Å². The third-order valence-corrected chi connectivity index (χ3v) is 2.11. The van der Waals surface area contributed by atoms with E-state index in [0.29, 0.717) is 5.01 Å². The molecule has 2 N–H and O–H groups in total. The Morgan fingerprint density at radius 2 is 2.40 bits per heavy atom. The first-order valence-electron chi connectivity index (χ1n) is 3.94. The predicted octanol–water partition coefficient (Wildman–Crippen LogP) is 0.157. The summed E-state index contributed by atoms with van der Waals surface area (Å²) in [6.07, 6.45) is -0.0207. The Hall–Kier alpha value is -1.87. The van der Waals surface area contributed by atoms with E-state index in [0.717, 1.165) is 0 Å². The quantitative estimate of drug-likeness (QED) is 0.573. The van der Waals surface area contributed by atoms with E-state index < -0.39 is 11.9 Å². The van der Waals surface area contributed by atoms with Crippen molar-refractivity contribution < 1.29 is 14.3 Å². The van der Waals surface area contributed by atoms with Crippen LogP contribution in [0.1, 0.15) is 21.9 Å². The van der Waals surface area contributed by atoms with Gasteiger partial charge in [-0.05, 0) is 5.92 Å². The number of carbonyl (C=O) groups is 2. The van der Waals surface area contributed by atoms with E-state index in [4.69, 9.17) is 5.73 Å². The van der Waals surface area contributed by atoms with E-state index in [1.807, 2.05) is 0 Å². The fourth-order valence-corrected chi connectivity index (χ4v) is 1.39. The molecule has 0 aliphatic carbocycles. The number of aromatic nitrogens is 1. The van der Waals surface area contributed by atoms with Gasteiger partial charge in [0.25, 0.3) is 0 Å². The van der Waals surface area contributed by atoms with Crippen LogP contribution >= 0.6 is 11.3 Å². The Morgan fingerprint density at radius 1 is 1.67 bits per heavy atom. The second-order valence-corrected chi connectivity index (χ2v) is 3.33. The average molecular weight is 224 g/mol. The first kappa shape index (κ1) is 11.2. The molecule has 1 aromatic heterocycles. The van der Waals surface area contributed by atoms with Crippen molar-refractivity contribution in [2.45, 2.75) is 6.42 Å². The molecular formula is C9H8N2O3S. The molecule has 6 heteroatoms. The lowest BCUT2D eigenvalue weighted by Crippen LogP contribution is -2.08. The van der Waals surface area contributed by atoms with Crippen LogP contribution in [0.5, 0.6) is 0 Å². The fraction of sp³-hybridized carbons (Fsp3) is 0.222. The van der Waals surface area contributed by atoms with Crippen molar-refractivity contribution in [2.24, 2.45) is 5.73 Å². The average Bonchev–Trinajstić information content (AvgIpc) is 2.65. The van der Waals surface area contributed by atoms with Gasteiger partial charge in [0.15, 0.2) is 10.7 Å². The minimum Gasteiger partial charge on any atom is -0.464 e. The molecule has 1 rings (SSSR count). The molecule has 0 aromatic carbocycles. The molecule has 0 aliphatic heterocycles. The maximum absolute atomic E-state index is 11.0. The third kappa shape index (κ3) is 3.40. The van der Waals surface area contributed by atoms with E-state index in [2.05, 4.69) is 21.6 Å². The van der Waals surface area contributed by atoms with Crippen LogP contribution in [-0.4, -0.2) is 24.0 Å². The van der Waals surface area contributed by atoms with Gasteiger partial charge < -0.3 is 10.5 Å². The number of hydrogen-bond donors (Lipinski definition) is 1. The van der Waals surface area contributed by atoms with Gasteiger partial charge in [-0.3, -0.25) is 4.79 Å². The number of rotatable bonds is 2. The number of amides is 1. The number of thiazole rings is 1. The molecule has 0 saturated carbocycles. The Morgan fingerprint density at radius 3 is 3.00 bits per heavy atom. The molecule has 0 saturated heterocycles. The summed E-state index contributed by atoms with van der Waals surface area (Å²) in [4.78, 5) is 25.3. The van der Waals surface area contributed by atoms with Crippen LogP contribution in [0, 0.1) is 11.8 Å². The molecule has 5 nitrogen and oxygen atoms in total. The lowest BCUT2D eigenvalue weighted by molar-refractivity contribution is -0.117. The predicted molar refractivity (Wildman–Crippen MR) is 54.1 cm³/mol. The number of esters is 1. The molecule has 1 aromatic rings. The van der Waals surface area contributed by atoms with E-state index in [9.17, 15) is 9.59 Å². The SMILES string of the molecule is COC(=O)c1csc(C#CCC(N)=O)n1. The second kappa shape index (κ2) is 5.12. The van der Waals surface area contributed by atoms with Gasteiger partial charge >= 0.3 is 5.97 Å². The standard InChI is InChI=1S/C9H8N2O3S/c1-14-9(13)6-5-15-8(11-6)4-2-3-7(10)12/h5H,3H2,1H3,(H2,10,12). The van der Waals surface area contributed by atoms with Crippen LogP contribution in [-0.2, 0) is 9.53 Å². The van der Waals surface area contributed by atoms with Gasteiger partial charge in [0.05, 0.1) is 13.5 Å². The van der Waals surface area contributed by atoms with Gasteiger partial charge in [-0.2, -0.15) is 0 Å². The van der Waals surface area contributed by atoms with Crippen LogP contribution in [0.2, 0.25) is 0 Å². The molecule has 0 fully saturated rings. The van der Waals surface area contributed by atoms with Crippen molar-refractivity contribution >= 4 is 23.2 Å². The minimum atomic E-state index is -0.505. The van der Waals surface area contributed by atoms with Crippen molar-refractivity contribution in [2.75, 3.05) is 7.11 Å². The summed E-state index contributed by atoms with van der Waals surface area (Å²) in [6.45, 7) is 0. The zero-order valence-corrected chi connectivity index (χ0v) is 8.76. The second-order valence-electron chi connectivity index (χ2n) is 2.47. The van der Waals surface area contributed by atoms with E-state index in [1.165, 1.54) is 18.4 Å². The number of ether oxygens (including phenoxy) is 1. The Balaban J connectivity index is 2.71. The lowest BCUT2D eigenvalue weighted by atomic mass is 10.4. The summed E-state index contributed by atoms with van der Waals surface area (Å²) in [5.41, 5.74) is 5.11. The number of hydrogen-bond acceptors (Lipinski definition) is 5. The summed E-state index contributed by atoms with van der Waals surface area (Å²) < 4.78 is 4.48. The highest BCUT2D eigenvalue weighted by Crippen LogP contribution is 2.08. The molecule has 1 amide bonds. The van der Waals surface area contributed by atoms with Crippen molar-refractivity contribution in [3.8, 4) is 11.8 Å². The van der Waals surface area contributed by atoms with Crippen molar-refractivity contribution in [1.29, 1.82) is 0 Å². The maximum atomic E-state index is 11.0. The molecule has 0 atom stereocenters. The van der Waals surface area contributed by atoms with Crippen molar-refractivity contribution in [1.82, 2.24) is 4.98 Å². The van der Waals surface area contributed by atoms with Crippen LogP contribution in [0.4, 0.5) is 0 Å². The minimum absolute atomic E-state index is 0.0207. The zero-order chi connectivity index (χ0) is 11.3. The lowest BCUT2D eigenvalue weighted by Gasteiger charge is -1.89. The van der Waals surface area contributed by atoms with E-state index in [-0.39, 0.29) is 12.1 Å². The summed E-state index contributed by atoms with van der Waals surface area (Å²) >= 11 is 1.21. The molecule has 0 spiro atoms. The normalized spacial score (nSPS) is 8.87. The summed E-state index contributed by atoms with van der Waals surface area (Å²) in [5.74, 6) is 4.17. The fourth-order valence-electron chi connectivity index (χ4n) is 0.736. The first-order valence-corrected chi connectivity index (χ1v) is 4.82. The summed E-state index contributed by atoms with van der Waals surface area (Å²) in [6, 6.07) is 0. The van der Waals surface area contributed by atoms with Gasteiger partial charge in [0.1, 0.15) is 0 Å². The molecule has 0 aliphatic rings. The highest BCUT2D eigenvalue weighted by Gasteiger charge is 2.08. The molecule has 78 valence electrons. The Bertz CT molecular complexity index is 442. The Labute approximate surface area is 90.3 Å². The smallest absolute Gasteiger partial charge is 0.357 e. The van der Waals surface area contributed by atoms with Crippen molar-refractivity contribution in [3.05, 3.63) is 16.1 Å². The van der Waals surface area contributed by atoms with Crippen LogP contribution < -0.4 is 5.73 Å². The number of methoxy groups -OCH3 is 1. The van der Waals surface area contributed by atoms with Gasteiger partial charge in [0.2, 0.25) is 5.91 Å². The van der Waals surface area contributed by atoms with Crippen LogP contribution in [0.3, 0.4) is 0 Å².